The average Bonchev–Trinajstić information content (AvgIpc) is 1.56. The van der Waals surface area contributed by atoms with Crippen molar-refractivity contribution in [1.82, 2.24) is 9.13 Å². The largest absolute Gasteiger partial charge is 0.310 e. The SMILES string of the molecule is CC1(C)c2ccccc2-c2ccc(-c3cc4c5c(c3)c3c6c7ccccc7c7ccccc7c6ccc3n5-c3cccc5c3B4c3cc(-c4ccc6c(c4)C(C)(C)c4ccccc4-6)cc4c6c7c8ccccc8c8ccccc8c7ccc6n-5c34)cc21. The molecule has 0 unspecified atom stereocenters. The normalized spacial score (nSPS) is 14.6. The number of hydrogen-bond acceptors (Lipinski definition) is 0. The second kappa shape index (κ2) is 15.9. The molecule has 15 aromatic carbocycles. The number of fused-ring (bicyclic) bond motifs is 30. The van der Waals surface area contributed by atoms with Gasteiger partial charge in [0.15, 0.2) is 0 Å². The van der Waals surface area contributed by atoms with E-state index in [1.807, 2.05) is 0 Å². The molecule has 4 aliphatic rings. The number of nitrogens with zero attached hydrogens (tertiary/aromatic N) is 2. The summed E-state index contributed by atoms with van der Waals surface area (Å²) in [5.41, 5.74) is 27.2. The Bertz CT molecular complexity index is 5700. The summed E-state index contributed by atoms with van der Waals surface area (Å²) >= 11 is 0. The molecule has 0 N–H and O–H groups in total. The van der Waals surface area contributed by atoms with Crippen LogP contribution in [0.3, 0.4) is 0 Å². The molecule has 21 rings (SSSR count). The molecule has 2 aliphatic heterocycles. The van der Waals surface area contributed by atoms with Crippen LogP contribution in [0.4, 0.5) is 0 Å². The van der Waals surface area contributed by atoms with Crippen molar-refractivity contribution >= 4 is 131 Å². The van der Waals surface area contributed by atoms with Gasteiger partial charge in [-0.2, -0.15) is 0 Å². The van der Waals surface area contributed by atoms with Gasteiger partial charge in [-0.25, -0.2) is 0 Å². The van der Waals surface area contributed by atoms with Crippen LogP contribution < -0.4 is 16.4 Å². The lowest BCUT2D eigenvalue weighted by Crippen LogP contribution is -2.59. The zero-order valence-electron chi connectivity index (χ0n) is 48.6. The second-order valence-electron chi connectivity index (χ2n) is 26.5. The third-order valence-corrected chi connectivity index (χ3v) is 21.8. The zero-order chi connectivity index (χ0) is 57.1. The molecular weight excluding hydrogens is 1050 g/mol. The van der Waals surface area contributed by atoms with Crippen molar-refractivity contribution in [1.29, 1.82) is 0 Å². The molecule has 0 amide bonds. The van der Waals surface area contributed by atoms with Gasteiger partial charge in [-0.05, 0) is 186 Å². The minimum atomic E-state index is -0.152. The van der Waals surface area contributed by atoms with Crippen LogP contribution in [0, 0.1) is 0 Å². The summed E-state index contributed by atoms with van der Waals surface area (Å²) in [6.45, 7) is 9.55. The molecule has 4 heterocycles. The summed E-state index contributed by atoms with van der Waals surface area (Å²) in [5, 5.41) is 20.8. The van der Waals surface area contributed by atoms with E-state index in [1.54, 1.807) is 0 Å². The Balaban J connectivity index is 0.937. The smallest absolute Gasteiger partial charge is 0.252 e. The molecular formula is C84H53BN2. The predicted molar refractivity (Wildman–Crippen MR) is 371 cm³/mol. The topological polar surface area (TPSA) is 9.86 Å². The lowest BCUT2D eigenvalue weighted by molar-refractivity contribution is 0.660. The van der Waals surface area contributed by atoms with Gasteiger partial charge in [0.05, 0.1) is 11.0 Å². The molecule has 2 aliphatic carbocycles. The molecule has 87 heavy (non-hydrogen) atoms. The molecule has 17 aromatic rings. The molecule has 402 valence electrons. The maximum Gasteiger partial charge on any atom is 0.252 e. The van der Waals surface area contributed by atoms with Crippen molar-refractivity contribution in [3.8, 4) is 55.9 Å². The molecule has 0 saturated heterocycles. The van der Waals surface area contributed by atoms with E-state index in [9.17, 15) is 0 Å². The van der Waals surface area contributed by atoms with Gasteiger partial charge < -0.3 is 9.13 Å². The highest BCUT2D eigenvalue weighted by molar-refractivity contribution is 7.00. The number of rotatable bonds is 2. The molecule has 0 radical (unpaired) electrons. The van der Waals surface area contributed by atoms with Crippen LogP contribution >= 0.6 is 0 Å². The monoisotopic (exact) mass is 1100 g/mol. The number of hydrogen-bond donors (Lipinski definition) is 0. The fourth-order valence-corrected chi connectivity index (χ4v) is 18.1. The Kier molecular flexibility index (Phi) is 8.55. The maximum atomic E-state index is 2.68. The van der Waals surface area contributed by atoms with Crippen LogP contribution in [0.1, 0.15) is 49.9 Å². The van der Waals surface area contributed by atoms with Gasteiger partial charge in [0.25, 0.3) is 6.71 Å². The van der Waals surface area contributed by atoms with E-state index < -0.39 is 0 Å². The lowest BCUT2D eigenvalue weighted by atomic mass is 9.34. The fourth-order valence-electron chi connectivity index (χ4n) is 18.1. The Morgan fingerprint density at radius 1 is 0.264 bits per heavy atom. The van der Waals surface area contributed by atoms with Crippen LogP contribution in [0.5, 0.6) is 0 Å². The summed E-state index contributed by atoms with van der Waals surface area (Å²) in [6.07, 6.45) is 0. The molecule has 3 heteroatoms. The molecule has 0 spiro atoms. The summed E-state index contributed by atoms with van der Waals surface area (Å²) < 4.78 is 5.36. The third-order valence-electron chi connectivity index (χ3n) is 21.8. The van der Waals surface area contributed by atoms with E-state index in [0.717, 1.165) is 0 Å². The Hall–Kier alpha value is -10.5. The third kappa shape index (κ3) is 5.62. The molecule has 0 saturated carbocycles. The highest BCUT2D eigenvalue weighted by Crippen LogP contribution is 2.54. The van der Waals surface area contributed by atoms with E-state index in [4.69, 9.17) is 0 Å². The van der Waals surface area contributed by atoms with Gasteiger partial charge in [0.2, 0.25) is 0 Å². The Morgan fingerprint density at radius 2 is 0.621 bits per heavy atom. The van der Waals surface area contributed by atoms with Gasteiger partial charge in [-0.15, -0.1) is 0 Å². The summed E-state index contributed by atoms with van der Waals surface area (Å²) in [7, 11) is 0. The quantitative estimate of drug-likeness (QED) is 0.121. The Labute approximate surface area is 502 Å². The van der Waals surface area contributed by atoms with Crippen LogP contribution in [0.2, 0.25) is 0 Å². The summed E-state index contributed by atoms with van der Waals surface area (Å²) in [5.74, 6) is 0. The maximum absolute atomic E-state index is 2.68. The first-order chi connectivity index (χ1) is 42.7. The van der Waals surface area contributed by atoms with Gasteiger partial charge in [0, 0.05) is 65.6 Å². The molecule has 0 bridgehead atoms. The van der Waals surface area contributed by atoms with Crippen LogP contribution in [-0.4, -0.2) is 15.8 Å². The van der Waals surface area contributed by atoms with Gasteiger partial charge >= 0.3 is 0 Å². The van der Waals surface area contributed by atoms with Crippen molar-refractivity contribution in [2.24, 2.45) is 0 Å². The standard InChI is InChI=1S/C84H53BN2/c1-83(2)66-28-15-13-24-56(66)58-34-32-46(42-68(58)83)48-40-64-78-72(38-36-62-54-22-7-5-18-50(54)52-20-9-11-26-60(52)76(62)78)86-74-30-17-31-75-80(74)85(70(44-48)81(64)86)71-45-49(47-33-35-59-57-25-14-16-29-67(57)84(3,4)69(59)43-47)41-65-79-73(87(75)82(65)71)39-37-63-55-23-8-6-19-51(55)53-21-10-12-27-61(53)77(63)79/h5-45H,1-4H3. The second-order valence-corrected chi connectivity index (χ2v) is 26.5. The van der Waals surface area contributed by atoms with E-state index in [0.29, 0.717) is 0 Å². The highest BCUT2D eigenvalue weighted by Gasteiger charge is 2.43. The summed E-state index contributed by atoms with van der Waals surface area (Å²) in [4.78, 5) is 0. The zero-order valence-corrected chi connectivity index (χ0v) is 48.6. The highest BCUT2D eigenvalue weighted by atomic mass is 15.0. The van der Waals surface area contributed by atoms with E-state index in [2.05, 4.69) is 286 Å². The molecule has 0 fully saturated rings. The van der Waals surface area contributed by atoms with Gasteiger partial charge in [-0.3, -0.25) is 0 Å². The van der Waals surface area contributed by atoms with Crippen molar-refractivity contribution in [3.63, 3.8) is 0 Å². The van der Waals surface area contributed by atoms with Crippen molar-refractivity contribution in [3.05, 3.63) is 271 Å². The van der Waals surface area contributed by atoms with Crippen LogP contribution in [-0.2, 0) is 10.8 Å². The van der Waals surface area contributed by atoms with E-state index >= 15 is 0 Å². The van der Waals surface area contributed by atoms with Gasteiger partial charge in [-0.1, -0.05) is 228 Å². The number of benzene rings is 15. The summed E-state index contributed by atoms with van der Waals surface area (Å²) in [6, 6.07) is 96.6. The van der Waals surface area contributed by atoms with Crippen LogP contribution in [0.15, 0.2) is 249 Å². The van der Waals surface area contributed by atoms with Gasteiger partial charge in [0.1, 0.15) is 0 Å². The van der Waals surface area contributed by atoms with Crippen molar-refractivity contribution < 1.29 is 0 Å². The lowest BCUT2D eigenvalue weighted by Gasteiger charge is -2.34. The number of aromatic nitrogens is 2. The van der Waals surface area contributed by atoms with Crippen molar-refractivity contribution in [2.75, 3.05) is 0 Å². The average molecular weight is 1100 g/mol. The first kappa shape index (κ1) is 46.8. The first-order valence-corrected chi connectivity index (χ1v) is 31.0. The minimum Gasteiger partial charge on any atom is -0.310 e. The first-order valence-electron chi connectivity index (χ1n) is 31.0. The molecule has 0 atom stereocenters. The fraction of sp³-hybridized carbons (Fsp3) is 0.0714. The molecule has 2 aromatic heterocycles. The van der Waals surface area contributed by atoms with Crippen molar-refractivity contribution in [2.45, 2.75) is 38.5 Å². The van der Waals surface area contributed by atoms with Crippen LogP contribution in [0.25, 0.3) is 164 Å². The minimum absolute atomic E-state index is 0.104. The van der Waals surface area contributed by atoms with E-state index in [1.165, 1.54) is 203 Å². The molecule has 2 nitrogen and oxygen atoms in total. The predicted octanol–water partition coefficient (Wildman–Crippen LogP) is 19.9. The Morgan fingerprint density at radius 3 is 1.05 bits per heavy atom. The van der Waals surface area contributed by atoms with E-state index in [-0.39, 0.29) is 17.5 Å².